The van der Waals surface area contributed by atoms with Gasteiger partial charge in [-0.05, 0) is 13.5 Å². The van der Waals surface area contributed by atoms with Crippen molar-refractivity contribution in [2.24, 2.45) is 0 Å². The third-order valence-corrected chi connectivity index (χ3v) is 1.41. The molecule has 7 heavy (non-hydrogen) atoms. The standard InChI is InChI=1S/C5H11NO/c1-6-4-3-5(4)7-2/h4-6H,3H2,1-2H3/t4-,5-/m1/s1. The van der Waals surface area contributed by atoms with Crippen molar-refractivity contribution in [3.8, 4) is 0 Å². The van der Waals surface area contributed by atoms with Gasteiger partial charge in [0.05, 0.1) is 6.10 Å². The topological polar surface area (TPSA) is 21.3 Å². The molecular weight excluding hydrogens is 90.1 g/mol. The fourth-order valence-corrected chi connectivity index (χ4v) is 0.736. The fraction of sp³-hybridized carbons (Fsp3) is 1.00. The summed E-state index contributed by atoms with van der Waals surface area (Å²) in [6, 6.07) is 0.644. The van der Waals surface area contributed by atoms with Gasteiger partial charge in [-0.15, -0.1) is 0 Å². The molecule has 1 N–H and O–H groups in total. The van der Waals surface area contributed by atoms with E-state index in [-0.39, 0.29) is 0 Å². The highest BCUT2D eigenvalue weighted by Gasteiger charge is 2.35. The largest absolute Gasteiger partial charge is 0.380 e. The van der Waals surface area contributed by atoms with Crippen LogP contribution >= 0.6 is 0 Å². The molecule has 0 heterocycles. The van der Waals surface area contributed by atoms with Crippen molar-refractivity contribution in [3.05, 3.63) is 0 Å². The summed E-state index contributed by atoms with van der Waals surface area (Å²) < 4.78 is 5.00. The van der Waals surface area contributed by atoms with E-state index in [1.165, 1.54) is 6.42 Å². The Bertz CT molecular complexity index is 57.1. The van der Waals surface area contributed by atoms with Crippen molar-refractivity contribution in [1.29, 1.82) is 0 Å². The van der Waals surface area contributed by atoms with Gasteiger partial charge >= 0.3 is 0 Å². The lowest BCUT2D eigenvalue weighted by Gasteiger charge is -1.91. The van der Waals surface area contributed by atoms with E-state index in [2.05, 4.69) is 5.32 Å². The van der Waals surface area contributed by atoms with Crippen molar-refractivity contribution in [2.45, 2.75) is 18.6 Å². The van der Waals surface area contributed by atoms with E-state index >= 15 is 0 Å². The van der Waals surface area contributed by atoms with E-state index < -0.39 is 0 Å². The Balaban J connectivity index is 2.06. The lowest BCUT2D eigenvalue weighted by molar-refractivity contribution is 0.175. The third kappa shape index (κ3) is 0.924. The summed E-state index contributed by atoms with van der Waals surface area (Å²) in [4.78, 5) is 0. The molecule has 0 aromatic carbocycles. The molecule has 1 rings (SSSR count). The molecule has 0 unspecified atom stereocenters. The molecule has 2 atom stereocenters. The second-order valence-corrected chi connectivity index (χ2v) is 1.91. The molecule has 1 aliphatic rings. The lowest BCUT2D eigenvalue weighted by atomic mass is 10.7. The van der Waals surface area contributed by atoms with Crippen LogP contribution in [-0.2, 0) is 4.74 Å². The fourth-order valence-electron chi connectivity index (χ4n) is 0.736. The Hall–Kier alpha value is -0.0800. The average molecular weight is 101 g/mol. The van der Waals surface area contributed by atoms with Gasteiger partial charge in [0.1, 0.15) is 0 Å². The quantitative estimate of drug-likeness (QED) is 0.528. The van der Waals surface area contributed by atoms with Gasteiger partial charge in [-0.25, -0.2) is 0 Å². The molecular formula is C5H11NO. The lowest BCUT2D eigenvalue weighted by Crippen LogP contribution is -2.13. The highest BCUT2D eigenvalue weighted by molar-refractivity contribution is 4.93. The molecule has 1 saturated carbocycles. The second-order valence-electron chi connectivity index (χ2n) is 1.91. The summed E-state index contributed by atoms with van der Waals surface area (Å²) in [5.74, 6) is 0. The first-order valence-corrected chi connectivity index (χ1v) is 2.58. The summed E-state index contributed by atoms with van der Waals surface area (Å²) in [6.45, 7) is 0. The molecule has 0 saturated heterocycles. The summed E-state index contributed by atoms with van der Waals surface area (Å²) in [5, 5.41) is 3.11. The first kappa shape index (κ1) is 5.06. The maximum absolute atomic E-state index is 5.00. The summed E-state index contributed by atoms with van der Waals surface area (Å²) in [6.07, 6.45) is 1.69. The van der Waals surface area contributed by atoms with Gasteiger partial charge in [0.2, 0.25) is 0 Å². The van der Waals surface area contributed by atoms with Crippen molar-refractivity contribution < 1.29 is 4.74 Å². The molecule has 0 aliphatic heterocycles. The molecule has 42 valence electrons. The van der Waals surface area contributed by atoms with E-state index in [9.17, 15) is 0 Å². The maximum Gasteiger partial charge on any atom is 0.0740 e. The SMILES string of the molecule is CN[C@@H]1C[C@H]1OC. The third-order valence-electron chi connectivity index (χ3n) is 1.41. The van der Waals surface area contributed by atoms with Crippen LogP contribution in [0.1, 0.15) is 6.42 Å². The number of ether oxygens (including phenoxy) is 1. The number of methoxy groups -OCH3 is 1. The number of hydrogen-bond acceptors (Lipinski definition) is 2. The number of rotatable bonds is 2. The Morgan fingerprint density at radius 3 is 2.57 bits per heavy atom. The average Bonchev–Trinajstić information content (AvgIpc) is 2.43. The van der Waals surface area contributed by atoms with Gasteiger partial charge in [-0.3, -0.25) is 0 Å². The number of hydrogen-bond donors (Lipinski definition) is 1. The Morgan fingerprint density at radius 2 is 2.43 bits per heavy atom. The van der Waals surface area contributed by atoms with E-state index in [0.717, 1.165) is 0 Å². The van der Waals surface area contributed by atoms with E-state index in [0.29, 0.717) is 12.1 Å². The Morgan fingerprint density at radius 1 is 1.71 bits per heavy atom. The van der Waals surface area contributed by atoms with Gasteiger partial charge in [-0.2, -0.15) is 0 Å². The normalized spacial score (nSPS) is 38.6. The first-order chi connectivity index (χ1) is 3.38. The van der Waals surface area contributed by atoms with Crippen LogP contribution in [0.3, 0.4) is 0 Å². The minimum absolute atomic E-state index is 0.505. The number of nitrogens with one attached hydrogen (secondary N) is 1. The van der Waals surface area contributed by atoms with Crippen molar-refractivity contribution in [3.63, 3.8) is 0 Å². The first-order valence-electron chi connectivity index (χ1n) is 2.58. The second kappa shape index (κ2) is 1.80. The maximum atomic E-state index is 5.00. The van der Waals surface area contributed by atoms with Gasteiger partial charge in [0, 0.05) is 13.2 Å². The minimum Gasteiger partial charge on any atom is -0.380 e. The van der Waals surface area contributed by atoms with Gasteiger partial charge in [-0.1, -0.05) is 0 Å². The summed E-state index contributed by atoms with van der Waals surface area (Å²) in [7, 11) is 3.71. The van der Waals surface area contributed by atoms with E-state index in [1.54, 1.807) is 7.11 Å². The molecule has 2 heteroatoms. The highest BCUT2D eigenvalue weighted by atomic mass is 16.5. The van der Waals surface area contributed by atoms with Crippen LogP contribution in [0.4, 0.5) is 0 Å². The van der Waals surface area contributed by atoms with E-state index in [4.69, 9.17) is 4.74 Å². The van der Waals surface area contributed by atoms with E-state index in [1.807, 2.05) is 7.05 Å². The minimum atomic E-state index is 0.505. The van der Waals surface area contributed by atoms with Gasteiger partial charge < -0.3 is 10.1 Å². The number of likely N-dealkylation sites (N-methyl/N-ethyl adjacent to an activating group) is 1. The summed E-state index contributed by atoms with van der Waals surface area (Å²) >= 11 is 0. The van der Waals surface area contributed by atoms with Gasteiger partial charge in [0.25, 0.3) is 0 Å². The van der Waals surface area contributed by atoms with Crippen molar-refractivity contribution in [1.82, 2.24) is 5.32 Å². The zero-order valence-electron chi connectivity index (χ0n) is 4.77. The van der Waals surface area contributed by atoms with Crippen LogP contribution in [0, 0.1) is 0 Å². The van der Waals surface area contributed by atoms with Crippen LogP contribution in [0.15, 0.2) is 0 Å². The van der Waals surface area contributed by atoms with Crippen LogP contribution < -0.4 is 5.32 Å². The Labute approximate surface area is 43.9 Å². The molecule has 0 radical (unpaired) electrons. The Kier molecular flexibility index (Phi) is 1.30. The molecule has 0 bridgehead atoms. The zero-order valence-corrected chi connectivity index (χ0v) is 4.77. The van der Waals surface area contributed by atoms with Crippen LogP contribution in [0.2, 0.25) is 0 Å². The van der Waals surface area contributed by atoms with Gasteiger partial charge in [0.15, 0.2) is 0 Å². The van der Waals surface area contributed by atoms with Crippen molar-refractivity contribution >= 4 is 0 Å². The highest BCUT2D eigenvalue weighted by Crippen LogP contribution is 2.22. The predicted octanol–water partition coefficient (Wildman–Crippen LogP) is -0.00690. The zero-order chi connectivity index (χ0) is 5.28. The smallest absolute Gasteiger partial charge is 0.0740 e. The van der Waals surface area contributed by atoms with Crippen LogP contribution in [0.5, 0.6) is 0 Å². The van der Waals surface area contributed by atoms with Crippen LogP contribution in [-0.4, -0.2) is 26.3 Å². The van der Waals surface area contributed by atoms with Crippen LogP contribution in [0.25, 0.3) is 0 Å². The van der Waals surface area contributed by atoms with Crippen molar-refractivity contribution in [2.75, 3.05) is 14.2 Å². The molecule has 0 amide bonds. The summed E-state index contributed by atoms with van der Waals surface area (Å²) in [5.41, 5.74) is 0. The molecule has 1 fully saturated rings. The molecule has 0 spiro atoms. The monoisotopic (exact) mass is 101 g/mol. The molecule has 2 nitrogen and oxygen atoms in total. The molecule has 0 aromatic rings. The molecule has 1 aliphatic carbocycles. The molecule has 0 aromatic heterocycles. The predicted molar refractivity (Wildman–Crippen MR) is 28.3 cm³/mol.